The molecule has 1 heterocycles. The largest absolute Gasteiger partial charge is 0.467 e. The van der Waals surface area contributed by atoms with Crippen LogP contribution in [0.15, 0.2) is 0 Å². The number of amides is 1. The lowest BCUT2D eigenvalue weighted by atomic mass is 10.2. The summed E-state index contributed by atoms with van der Waals surface area (Å²) in [5, 5.41) is 0. The van der Waals surface area contributed by atoms with E-state index in [-0.39, 0.29) is 18.8 Å². The number of alkyl halides is 2. The average molecular weight is 224 g/mol. The molecule has 0 radical (unpaired) electrons. The minimum Gasteiger partial charge on any atom is -0.467 e. The first-order valence-corrected chi connectivity index (χ1v) is 4.71. The first-order valence-electron chi connectivity index (χ1n) is 4.17. The van der Waals surface area contributed by atoms with Crippen molar-refractivity contribution in [3.63, 3.8) is 0 Å². The Morgan fingerprint density at radius 3 is 2.79 bits per heavy atom. The maximum absolute atomic E-state index is 13.0. The maximum atomic E-state index is 13.0. The number of methoxy groups -OCH3 is 1. The predicted molar refractivity (Wildman–Crippen MR) is 47.8 cm³/mol. The molecule has 0 N–H and O–H groups in total. The number of esters is 1. The molecule has 1 aliphatic rings. The van der Waals surface area contributed by atoms with Crippen molar-refractivity contribution < 1.29 is 18.7 Å². The lowest BCUT2D eigenvalue weighted by molar-refractivity contribution is -0.150. The summed E-state index contributed by atoms with van der Waals surface area (Å²) in [6.07, 6.45) is -1.18. The maximum Gasteiger partial charge on any atom is 0.328 e. The van der Waals surface area contributed by atoms with Crippen molar-refractivity contribution in [2.75, 3.05) is 19.5 Å². The first kappa shape index (κ1) is 11.2. The van der Waals surface area contributed by atoms with Crippen LogP contribution in [-0.4, -0.2) is 48.5 Å². The molecule has 1 rings (SSSR count). The quantitative estimate of drug-likeness (QED) is 0.501. The minimum atomic E-state index is -1.17. The van der Waals surface area contributed by atoms with Crippen LogP contribution in [0.1, 0.15) is 6.42 Å². The molecular weight excluding hydrogens is 213 g/mol. The standard InChI is InChI=1S/C8H11ClFNO3/c1-14-8(13)6-2-5(10)4-11(6)7(12)3-9/h5-6H,2-4H2,1H3/t5-,6+/m1/s1. The Bertz CT molecular complexity index is 225. The molecule has 6 heteroatoms. The Hall–Kier alpha value is -0.840. The van der Waals surface area contributed by atoms with E-state index in [1.54, 1.807) is 0 Å². The van der Waals surface area contributed by atoms with Crippen LogP contribution >= 0.6 is 11.6 Å². The number of ether oxygens (including phenoxy) is 1. The zero-order chi connectivity index (χ0) is 10.7. The van der Waals surface area contributed by atoms with Gasteiger partial charge in [0.15, 0.2) is 0 Å². The van der Waals surface area contributed by atoms with Crippen LogP contribution in [0.25, 0.3) is 0 Å². The second-order valence-corrected chi connectivity index (χ2v) is 3.32. The van der Waals surface area contributed by atoms with Crippen LogP contribution in [-0.2, 0) is 14.3 Å². The highest BCUT2D eigenvalue weighted by molar-refractivity contribution is 6.27. The fourth-order valence-electron chi connectivity index (χ4n) is 1.50. The molecule has 0 aromatic rings. The van der Waals surface area contributed by atoms with Crippen LogP contribution in [0.3, 0.4) is 0 Å². The minimum absolute atomic E-state index is 0.00466. The highest BCUT2D eigenvalue weighted by atomic mass is 35.5. The summed E-state index contributed by atoms with van der Waals surface area (Å²) in [7, 11) is 1.21. The van der Waals surface area contributed by atoms with Gasteiger partial charge in [-0.05, 0) is 0 Å². The van der Waals surface area contributed by atoms with Crippen LogP contribution in [0, 0.1) is 0 Å². The molecule has 0 bridgehead atoms. The van der Waals surface area contributed by atoms with E-state index in [1.165, 1.54) is 7.11 Å². The number of carbonyl (C=O) groups excluding carboxylic acids is 2. The highest BCUT2D eigenvalue weighted by Crippen LogP contribution is 2.21. The van der Waals surface area contributed by atoms with Gasteiger partial charge in [-0.25, -0.2) is 9.18 Å². The van der Waals surface area contributed by atoms with E-state index >= 15 is 0 Å². The Balaban J connectivity index is 2.72. The van der Waals surface area contributed by atoms with Gasteiger partial charge in [0.2, 0.25) is 5.91 Å². The Kier molecular flexibility index (Phi) is 3.69. The van der Waals surface area contributed by atoms with Crippen LogP contribution in [0.4, 0.5) is 4.39 Å². The summed E-state index contributed by atoms with van der Waals surface area (Å²) in [5.41, 5.74) is 0. The van der Waals surface area contributed by atoms with Crippen LogP contribution < -0.4 is 0 Å². The number of halogens is 2. The number of likely N-dealkylation sites (tertiary alicyclic amines) is 1. The molecule has 1 fully saturated rings. The van der Waals surface area contributed by atoms with Gasteiger partial charge in [-0.2, -0.15) is 0 Å². The van der Waals surface area contributed by atoms with Crippen molar-refractivity contribution >= 4 is 23.5 Å². The fraction of sp³-hybridized carbons (Fsp3) is 0.750. The van der Waals surface area contributed by atoms with Gasteiger partial charge in [0, 0.05) is 6.42 Å². The summed E-state index contributed by atoms with van der Waals surface area (Å²) in [5.74, 6) is -1.29. The molecule has 0 aromatic heterocycles. The van der Waals surface area contributed by atoms with Crippen molar-refractivity contribution in [3.05, 3.63) is 0 Å². The normalized spacial score (nSPS) is 26.4. The molecule has 80 valence electrons. The van der Waals surface area contributed by atoms with Crippen molar-refractivity contribution in [3.8, 4) is 0 Å². The zero-order valence-electron chi connectivity index (χ0n) is 7.70. The van der Waals surface area contributed by atoms with Gasteiger partial charge in [0.1, 0.15) is 18.1 Å². The highest BCUT2D eigenvalue weighted by Gasteiger charge is 2.39. The zero-order valence-corrected chi connectivity index (χ0v) is 8.46. The Labute approximate surface area is 86.0 Å². The topological polar surface area (TPSA) is 46.6 Å². The third-order valence-electron chi connectivity index (χ3n) is 2.16. The van der Waals surface area contributed by atoms with E-state index in [9.17, 15) is 14.0 Å². The lowest BCUT2D eigenvalue weighted by Gasteiger charge is -2.20. The molecule has 4 nitrogen and oxygen atoms in total. The van der Waals surface area contributed by atoms with E-state index in [1.807, 2.05) is 0 Å². The molecule has 1 saturated heterocycles. The summed E-state index contributed by atoms with van der Waals surface area (Å²) >= 11 is 5.33. The summed E-state index contributed by atoms with van der Waals surface area (Å²) in [4.78, 5) is 23.5. The number of carbonyl (C=O) groups is 2. The molecule has 0 saturated carbocycles. The van der Waals surface area contributed by atoms with Gasteiger partial charge in [-0.3, -0.25) is 4.79 Å². The van der Waals surface area contributed by atoms with Gasteiger partial charge >= 0.3 is 5.97 Å². The molecule has 1 aliphatic heterocycles. The van der Waals surface area contributed by atoms with Crippen molar-refractivity contribution in [1.82, 2.24) is 4.90 Å². The number of hydrogen-bond donors (Lipinski definition) is 0. The SMILES string of the molecule is COC(=O)[C@@H]1C[C@@H](F)CN1C(=O)CCl. The van der Waals surface area contributed by atoms with Crippen LogP contribution in [0.2, 0.25) is 0 Å². The van der Waals surface area contributed by atoms with E-state index in [4.69, 9.17) is 11.6 Å². The van der Waals surface area contributed by atoms with Crippen molar-refractivity contribution in [2.24, 2.45) is 0 Å². The Morgan fingerprint density at radius 2 is 2.29 bits per heavy atom. The third kappa shape index (κ3) is 2.15. The van der Waals surface area contributed by atoms with Gasteiger partial charge in [-0.1, -0.05) is 0 Å². The fourth-order valence-corrected chi connectivity index (χ4v) is 1.65. The molecule has 0 aliphatic carbocycles. The molecule has 0 spiro atoms. The predicted octanol–water partition coefficient (Wildman–Crippen LogP) is 0.337. The van der Waals surface area contributed by atoms with E-state index in [0.717, 1.165) is 4.90 Å². The molecule has 14 heavy (non-hydrogen) atoms. The number of nitrogens with zero attached hydrogens (tertiary/aromatic N) is 1. The first-order chi connectivity index (χ1) is 6.60. The van der Waals surface area contributed by atoms with E-state index in [2.05, 4.69) is 4.74 Å². The van der Waals surface area contributed by atoms with Crippen molar-refractivity contribution in [2.45, 2.75) is 18.6 Å². The van der Waals surface area contributed by atoms with Crippen LogP contribution in [0.5, 0.6) is 0 Å². The van der Waals surface area contributed by atoms with E-state index < -0.39 is 24.1 Å². The van der Waals surface area contributed by atoms with Gasteiger partial charge in [-0.15, -0.1) is 11.6 Å². The lowest BCUT2D eigenvalue weighted by Crippen LogP contribution is -2.41. The van der Waals surface area contributed by atoms with Gasteiger partial charge < -0.3 is 9.64 Å². The molecule has 1 amide bonds. The third-order valence-corrected chi connectivity index (χ3v) is 2.39. The summed E-state index contributed by atoms with van der Waals surface area (Å²) in [6.45, 7) is -0.0781. The van der Waals surface area contributed by atoms with Gasteiger partial charge in [0.25, 0.3) is 0 Å². The number of hydrogen-bond acceptors (Lipinski definition) is 3. The molecule has 0 unspecified atom stereocenters. The average Bonchev–Trinajstić information content (AvgIpc) is 2.58. The second kappa shape index (κ2) is 4.59. The Morgan fingerprint density at radius 1 is 1.64 bits per heavy atom. The van der Waals surface area contributed by atoms with Gasteiger partial charge in [0.05, 0.1) is 13.7 Å². The monoisotopic (exact) mass is 223 g/mol. The van der Waals surface area contributed by atoms with E-state index in [0.29, 0.717) is 0 Å². The smallest absolute Gasteiger partial charge is 0.328 e. The molecule has 2 atom stereocenters. The summed E-state index contributed by atoms with van der Waals surface area (Å²) < 4.78 is 17.4. The number of rotatable bonds is 2. The molecule has 0 aromatic carbocycles. The second-order valence-electron chi connectivity index (χ2n) is 3.05. The van der Waals surface area contributed by atoms with Crippen molar-refractivity contribution in [1.29, 1.82) is 0 Å². The summed E-state index contributed by atoms with van der Waals surface area (Å²) in [6, 6.07) is -0.818. The molecular formula is C8H11ClFNO3.